The molecule has 1 atom stereocenters. The first-order chi connectivity index (χ1) is 8.54. The second kappa shape index (κ2) is 10.5. The van der Waals surface area contributed by atoms with Gasteiger partial charge in [0.2, 0.25) is 0 Å². The smallest absolute Gasteiger partial charge is 0.105 e. The molecule has 0 heterocycles. The van der Waals surface area contributed by atoms with E-state index in [0.29, 0.717) is 18.5 Å². The monoisotopic (exact) mass is 270 g/mol. The first-order valence-corrected chi connectivity index (χ1v) is 8.10. The predicted octanol–water partition coefficient (Wildman–Crippen LogP) is 4.31. The molecule has 0 aliphatic rings. The fourth-order valence-corrected chi connectivity index (χ4v) is 4.06. The van der Waals surface area contributed by atoms with Gasteiger partial charge in [0.15, 0.2) is 0 Å². The maximum Gasteiger partial charge on any atom is 0.105 e. The summed E-state index contributed by atoms with van der Waals surface area (Å²) in [5.41, 5.74) is 0. The molecule has 0 rings (SSSR count). The zero-order valence-corrected chi connectivity index (χ0v) is 13.1. The molecule has 0 aliphatic carbocycles. The molecule has 1 unspecified atom stereocenters. The minimum absolute atomic E-state index is 0.453. The van der Waals surface area contributed by atoms with E-state index in [-0.39, 0.29) is 0 Å². The Balaban J connectivity index is 4.42. The van der Waals surface area contributed by atoms with Gasteiger partial charge >= 0.3 is 0 Å². The summed E-state index contributed by atoms with van der Waals surface area (Å²) in [5, 5.41) is 8.76. The minimum atomic E-state index is -0.649. The molecular formula is C14H27N2OP. The lowest BCUT2D eigenvalue weighted by atomic mass is 10.3. The van der Waals surface area contributed by atoms with E-state index in [9.17, 15) is 0 Å². The van der Waals surface area contributed by atoms with Crippen LogP contribution in [0.5, 0.6) is 0 Å². The van der Waals surface area contributed by atoms with Gasteiger partial charge < -0.3 is 4.52 Å². The molecule has 0 aromatic carbocycles. The van der Waals surface area contributed by atoms with Crippen molar-refractivity contribution in [1.29, 1.82) is 5.26 Å². The van der Waals surface area contributed by atoms with Crippen molar-refractivity contribution in [3.8, 4) is 6.07 Å². The van der Waals surface area contributed by atoms with Crippen molar-refractivity contribution in [2.24, 2.45) is 0 Å². The average molecular weight is 270 g/mol. The van der Waals surface area contributed by atoms with Crippen LogP contribution < -0.4 is 0 Å². The van der Waals surface area contributed by atoms with Crippen molar-refractivity contribution in [2.45, 2.75) is 59.0 Å². The molecule has 0 radical (unpaired) electrons. The first-order valence-electron chi connectivity index (χ1n) is 6.71. The van der Waals surface area contributed by atoms with Crippen molar-refractivity contribution < 1.29 is 4.52 Å². The lowest BCUT2D eigenvalue weighted by Gasteiger charge is -2.37. The molecule has 0 N–H and O–H groups in total. The summed E-state index contributed by atoms with van der Waals surface area (Å²) in [6, 6.07) is 3.13. The third-order valence-electron chi connectivity index (χ3n) is 2.52. The molecule has 0 amide bonds. The van der Waals surface area contributed by atoms with Crippen molar-refractivity contribution in [3.05, 3.63) is 12.7 Å². The number of allylic oxidation sites excluding steroid dienone is 1. The highest BCUT2D eigenvalue weighted by atomic mass is 31.2. The number of hydrogen-bond donors (Lipinski definition) is 0. The quantitative estimate of drug-likeness (QED) is 0.337. The normalized spacial score (nSPS) is 13.0. The van der Waals surface area contributed by atoms with Gasteiger partial charge in [0, 0.05) is 24.7 Å². The van der Waals surface area contributed by atoms with Gasteiger partial charge in [-0.3, -0.25) is 4.67 Å². The lowest BCUT2D eigenvalue weighted by Crippen LogP contribution is -2.33. The van der Waals surface area contributed by atoms with Crippen LogP contribution in [0.2, 0.25) is 0 Å². The van der Waals surface area contributed by atoms with Crippen LogP contribution in [-0.4, -0.2) is 29.5 Å². The summed E-state index contributed by atoms with van der Waals surface area (Å²) in [5.74, 6) is 0. The Labute approximate surface area is 114 Å². The first kappa shape index (κ1) is 17.6. The molecule has 18 heavy (non-hydrogen) atoms. The maximum atomic E-state index is 8.76. The molecule has 0 aliphatic heterocycles. The Morgan fingerprint density at radius 2 is 1.94 bits per heavy atom. The summed E-state index contributed by atoms with van der Waals surface area (Å²) in [6.45, 7) is 13.2. The third-order valence-corrected chi connectivity index (χ3v) is 5.05. The van der Waals surface area contributed by atoms with Crippen LogP contribution in [0.4, 0.5) is 0 Å². The Morgan fingerprint density at radius 3 is 2.39 bits per heavy atom. The maximum absolute atomic E-state index is 8.76. The molecule has 0 saturated carbocycles. The van der Waals surface area contributed by atoms with Crippen LogP contribution in [0.25, 0.3) is 0 Å². The standard InChI is InChI=1S/C14H27N2OP/c1-6-7-8-11-17-18(12-9-10-15)16(13(2)3)14(4)5/h6,13-14H,1,7-9,11-12H2,2-5H3. The van der Waals surface area contributed by atoms with Gasteiger partial charge in [-0.1, -0.05) is 6.08 Å². The van der Waals surface area contributed by atoms with Gasteiger partial charge in [-0.2, -0.15) is 5.26 Å². The summed E-state index contributed by atoms with van der Waals surface area (Å²) < 4.78 is 8.43. The second-order valence-corrected chi connectivity index (χ2v) is 6.69. The van der Waals surface area contributed by atoms with Crippen molar-refractivity contribution in [1.82, 2.24) is 4.67 Å². The third kappa shape index (κ3) is 7.11. The van der Waals surface area contributed by atoms with Crippen LogP contribution in [-0.2, 0) is 4.52 Å². The largest absolute Gasteiger partial charge is 0.343 e. The van der Waals surface area contributed by atoms with Gasteiger partial charge in [-0.25, -0.2) is 0 Å². The molecule has 3 nitrogen and oxygen atoms in total. The van der Waals surface area contributed by atoms with Crippen LogP contribution in [0.1, 0.15) is 47.0 Å². The highest BCUT2D eigenvalue weighted by molar-refractivity contribution is 7.50. The number of nitriles is 1. The number of hydrogen-bond acceptors (Lipinski definition) is 3. The zero-order valence-electron chi connectivity index (χ0n) is 12.2. The number of nitrogens with zero attached hydrogens (tertiary/aromatic N) is 2. The van der Waals surface area contributed by atoms with E-state index in [0.717, 1.165) is 25.6 Å². The van der Waals surface area contributed by atoms with Crippen LogP contribution in [0.3, 0.4) is 0 Å². The minimum Gasteiger partial charge on any atom is -0.343 e. The highest BCUT2D eigenvalue weighted by Crippen LogP contribution is 2.45. The fourth-order valence-electron chi connectivity index (χ4n) is 1.90. The van der Waals surface area contributed by atoms with E-state index in [2.05, 4.69) is 45.0 Å². The number of unbranched alkanes of at least 4 members (excludes halogenated alkanes) is 1. The van der Waals surface area contributed by atoms with E-state index in [4.69, 9.17) is 9.79 Å². The van der Waals surface area contributed by atoms with Crippen molar-refractivity contribution in [2.75, 3.05) is 12.8 Å². The van der Waals surface area contributed by atoms with E-state index < -0.39 is 8.30 Å². The molecule has 0 saturated heterocycles. The summed E-state index contributed by atoms with van der Waals surface area (Å²) in [4.78, 5) is 0. The van der Waals surface area contributed by atoms with Crippen LogP contribution >= 0.6 is 8.30 Å². The zero-order chi connectivity index (χ0) is 14.0. The second-order valence-electron chi connectivity index (χ2n) is 4.82. The molecule has 0 fully saturated rings. The lowest BCUT2D eigenvalue weighted by molar-refractivity contribution is 0.252. The van der Waals surface area contributed by atoms with E-state index in [1.807, 2.05) is 6.08 Å². The highest BCUT2D eigenvalue weighted by Gasteiger charge is 2.24. The van der Waals surface area contributed by atoms with Crippen molar-refractivity contribution >= 4 is 8.30 Å². The van der Waals surface area contributed by atoms with Gasteiger partial charge in [0.1, 0.15) is 8.30 Å². The molecule has 0 aromatic rings. The van der Waals surface area contributed by atoms with Gasteiger partial charge in [0.05, 0.1) is 12.7 Å². The van der Waals surface area contributed by atoms with Gasteiger partial charge in [-0.15, -0.1) is 6.58 Å². The molecule has 0 spiro atoms. The Morgan fingerprint density at radius 1 is 1.33 bits per heavy atom. The van der Waals surface area contributed by atoms with E-state index in [1.165, 1.54) is 0 Å². The van der Waals surface area contributed by atoms with E-state index >= 15 is 0 Å². The summed E-state index contributed by atoms with van der Waals surface area (Å²) >= 11 is 0. The van der Waals surface area contributed by atoms with Crippen LogP contribution in [0, 0.1) is 11.3 Å². The summed E-state index contributed by atoms with van der Waals surface area (Å²) in [7, 11) is -0.649. The predicted molar refractivity (Wildman–Crippen MR) is 79.5 cm³/mol. The van der Waals surface area contributed by atoms with Gasteiger partial charge in [-0.05, 0) is 40.5 Å². The molecule has 0 aromatic heterocycles. The SMILES string of the molecule is C=CCCCOP(CCC#N)N(C(C)C)C(C)C. The van der Waals surface area contributed by atoms with Crippen LogP contribution in [0.15, 0.2) is 12.7 Å². The molecule has 4 heteroatoms. The topological polar surface area (TPSA) is 36.3 Å². The van der Waals surface area contributed by atoms with E-state index in [1.54, 1.807) is 0 Å². The fraction of sp³-hybridized carbons (Fsp3) is 0.786. The Hall–Kier alpha value is -0.420. The number of rotatable bonds is 10. The summed E-state index contributed by atoms with van der Waals surface area (Å²) in [6.07, 6.45) is 5.34. The average Bonchev–Trinajstić information content (AvgIpc) is 2.30. The van der Waals surface area contributed by atoms with Crippen molar-refractivity contribution in [3.63, 3.8) is 0 Å². The molecule has 104 valence electrons. The Bertz CT molecular complexity index is 253. The Kier molecular flexibility index (Phi) is 10.3. The molecule has 0 bridgehead atoms. The molecular weight excluding hydrogens is 243 g/mol. The van der Waals surface area contributed by atoms with Gasteiger partial charge in [0.25, 0.3) is 0 Å².